The molecule has 3 aromatic heterocycles. The zero-order chi connectivity index (χ0) is 50.0. The van der Waals surface area contributed by atoms with E-state index in [1.807, 2.05) is 0 Å². The van der Waals surface area contributed by atoms with Gasteiger partial charge in [0.1, 0.15) is 11.5 Å². The fourth-order valence-corrected chi connectivity index (χ4v) is 7.93. The molecule has 0 amide bonds. The summed E-state index contributed by atoms with van der Waals surface area (Å²) in [4.78, 5) is 41.9. The van der Waals surface area contributed by atoms with E-state index < -0.39 is 34.7 Å². The van der Waals surface area contributed by atoms with E-state index in [0.29, 0.717) is 0 Å². The molecule has 0 saturated heterocycles. The molecular formula is C42H48N14O14. The van der Waals surface area contributed by atoms with E-state index in [0.717, 1.165) is 0 Å². The summed E-state index contributed by atoms with van der Waals surface area (Å²) in [7, 11) is 8.58. The van der Waals surface area contributed by atoms with Gasteiger partial charge in [0.05, 0.1) is 37.4 Å². The van der Waals surface area contributed by atoms with E-state index in [1.165, 1.54) is 42.7 Å². The maximum Gasteiger partial charge on any atom is 0.273 e. The normalized spacial score (nSPS) is 27.0. The van der Waals surface area contributed by atoms with Crippen LogP contribution in [0, 0.1) is 0 Å². The van der Waals surface area contributed by atoms with Crippen molar-refractivity contribution in [3.63, 3.8) is 0 Å². The van der Waals surface area contributed by atoms with E-state index in [4.69, 9.17) is 107 Å². The van der Waals surface area contributed by atoms with Gasteiger partial charge in [-0.15, -0.1) is 0 Å². The number of nitrogens with zero attached hydrogens (tertiary/aromatic N) is 12. The van der Waals surface area contributed by atoms with E-state index in [9.17, 15) is 0 Å². The Morgan fingerprint density at radius 2 is 0.743 bits per heavy atom. The molecule has 370 valence electrons. The van der Waals surface area contributed by atoms with Gasteiger partial charge in [-0.05, 0) is 23.2 Å². The lowest BCUT2D eigenvalue weighted by Crippen LogP contribution is -2.62. The van der Waals surface area contributed by atoms with Crippen LogP contribution in [0.4, 0.5) is 0 Å². The lowest BCUT2D eigenvalue weighted by molar-refractivity contribution is -0.359. The van der Waals surface area contributed by atoms with Gasteiger partial charge in [-0.25, -0.2) is 29.9 Å². The number of nitrogens with one attached hydrogen (secondary N) is 2. The van der Waals surface area contributed by atoms with Crippen LogP contribution in [0.5, 0.6) is 34.5 Å². The van der Waals surface area contributed by atoms with E-state index >= 15 is 0 Å². The standard InChI is InChI=1S/C42H48N14O14/c1-37(57-7)39(3,59-9)67-25-23(65-37)31-48-29-21-19(63-17-15-45-55-43)13-14-20(64-18-16-46-56-44)22(21)30(47-29)49-32-24-26(68-40(4,60-10)38(2,58-8)66-24)34(51-32)53-36-28-27(35(54-36)52-33(25)50-31)69-41(5,61-11)42(6,62-12)70-28/h13-14H,15-18H2,1-12H3,(H2,47,48,49,50,51,52,53,54)/t37-,38-,39-,40-,41-,42-/m1/s1. The Kier molecular flexibility index (Phi) is 11.7. The fraction of sp³-hybridized carbons (Fsp3) is 0.524. The van der Waals surface area contributed by atoms with Gasteiger partial charge in [-0.2, -0.15) is 0 Å². The Morgan fingerprint density at radius 1 is 0.457 bits per heavy atom. The molecule has 0 radical (unpaired) electrons. The van der Waals surface area contributed by atoms with E-state index in [1.54, 1.807) is 53.7 Å². The van der Waals surface area contributed by atoms with Crippen molar-refractivity contribution in [1.29, 1.82) is 0 Å². The van der Waals surface area contributed by atoms with Crippen molar-refractivity contribution in [2.45, 2.75) is 76.3 Å². The minimum absolute atomic E-state index is 0.00337. The van der Waals surface area contributed by atoms with Crippen molar-refractivity contribution < 1.29 is 66.3 Å². The third-order valence-corrected chi connectivity index (χ3v) is 12.8. The highest BCUT2D eigenvalue weighted by atomic mass is 16.8. The number of methoxy groups -OCH3 is 6. The molecular weight excluding hydrogens is 925 g/mol. The second kappa shape index (κ2) is 17.2. The Hall–Kier alpha value is -7.42. The molecule has 0 saturated carbocycles. The minimum Gasteiger partial charge on any atom is -0.493 e. The molecule has 5 aliphatic heterocycles. The van der Waals surface area contributed by atoms with Crippen LogP contribution in [0.25, 0.3) is 77.8 Å². The Morgan fingerprint density at radius 3 is 1.04 bits per heavy atom. The first-order chi connectivity index (χ1) is 33.4. The van der Waals surface area contributed by atoms with Gasteiger partial charge in [0, 0.05) is 94.0 Å². The van der Waals surface area contributed by atoms with Crippen molar-refractivity contribution in [2.75, 3.05) is 69.0 Å². The second-order valence-electron chi connectivity index (χ2n) is 16.5. The van der Waals surface area contributed by atoms with Gasteiger partial charge in [0.15, 0.2) is 34.2 Å². The maximum atomic E-state index is 9.03. The third-order valence-electron chi connectivity index (χ3n) is 12.8. The topological polar surface area (TPSA) is 336 Å². The fourth-order valence-electron chi connectivity index (χ4n) is 7.93. The summed E-state index contributed by atoms with van der Waals surface area (Å²) in [5.41, 5.74) is 18.7. The van der Waals surface area contributed by atoms with Crippen molar-refractivity contribution in [3.05, 3.63) is 44.7 Å². The molecule has 4 aromatic rings. The van der Waals surface area contributed by atoms with E-state index in [2.05, 4.69) is 30.0 Å². The number of ether oxygens (including phenoxy) is 14. The monoisotopic (exact) mass is 972 g/mol. The van der Waals surface area contributed by atoms with E-state index in [-0.39, 0.29) is 129 Å². The number of aromatic nitrogens is 8. The maximum absolute atomic E-state index is 9.03. The summed E-state index contributed by atoms with van der Waals surface area (Å²) < 4.78 is 87.3. The van der Waals surface area contributed by atoms with Crippen molar-refractivity contribution in [3.8, 4) is 57.3 Å². The third kappa shape index (κ3) is 7.22. The van der Waals surface area contributed by atoms with Gasteiger partial charge >= 0.3 is 0 Å². The van der Waals surface area contributed by atoms with Crippen LogP contribution in [0.1, 0.15) is 53.2 Å². The van der Waals surface area contributed by atoms with Crippen LogP contribution >= 0.6 is 0 Å². The first-order valence-electron chi connectivity index (χ1n) is 21.4. The first-order valence-corrected chi connectivity index (χ1v) is 21.4. The minimum atomic E-state index is -1.59. The lowest BCUT2D eigenvalue weighted by Gasteiger charge is -2.46. The SMILES string of the molecule is CO[C@]1(C)OC2=C(O[C@@]1(C)OC)c1nc2nc2[nH]c(nc3nc(nc4[nH]c(n1)c1c4O[C@@](C)(OC)[C@](C)(OC)O1)-c1c(OCCN=[N+]=[N-])ccc(OCCN=[N+]=[N-])c1-3)c1c2O[C@@](C)(OC)[C@](C)(OC)O1. The zero-order valence-electron chi connectivity index (χ0n) is 40.1. The number of azide groups is 2. The summed E-state index contributed by atoms with van der Waals surface area (Å²) in [5.74, 6) is -9.09. The number of fused-ring (bicyclic) bond motifs is 19. The summed E-state index contributed by atoms with van der Waals surface area (Å²) in [6.07, 6.45) is 0. The van der Waals surface area contributed by atoms with Crippen LogP contribution in [-0.4, -0.2) is 144 Å². The smallest absolute Gasteiger partial charge is 0.273 e. The van der Waals surface area contributed by atoms with Crippen LogP contribution in [0.2, 0.25) is 0 Å². The van der Waals surface area contributed by atoms with Crippen LogP contribution in [0.15, 0.2) is 22.4 Å². The molecule has 9 rings (SSSR count). The summed E-state index contributed by atoms with van der Waals surface area (Å²) in [6, 6.07) is 3.24. The van der Waals surface area contributed by atoms with Gasteiger partial charge in [0.2, 0.25) is 46.2 Å². The molecule has 5 aliphatic rings. The average Bonchev–Trinajstić information content (AvgIpc) is 4.07. The predicted molar refractivity (Wildman–Crippen MR) is 240 cm³/mol. The number of aromatic amines is 2. The molecule has 8 heterocycles. The molecule has 70 heavy (non-hydrogen) atoms. The van der Waals surface area contributed by atoms with Crippen LogP contribution < -0.4 is 28.4 Å². The van der Waals surface area contributed by atoms with Crippen LogP contribution in [-0.2, 0) is 37.9 Å². The number of hydrogen-bond acceptors (Lipinski definition) is 22. The number of hydrogen-bond donors (Lipinski definition) is 2. The quantitative estimate of drug-likeness (QED) is 0.0541. The molecule has 1 aromatic carbocycles. The van der Waals surface area contributed by atoms with Crippen LogP contribution in [0.3, 0.4) is 0 Å². The second-order valence-corrected chi connectivity index (χ2v) is 16.5. The molecule has 0 fully saturated rings. The van der Waals surface area contributed by atoms with Crippen molar-refractivity contribution >= 4 is 34.1 Å². The molecule has 0 aliphatic carbocycles. The highest BCUT2D eigenvalue weighted by Gasteiger charge is 2.59. The average molecular weight is 973 g/mol. The first kappa shape index (κ1) is 47.6. The molecule has 6 atom stereocenters. The van der Waals surface area contributed by atoms with Crippen molar-refractivity contribution in [2.24, 2.45) is 10.2 Å². The summed E-state index contributed by atoms with van der Waals surface area (Å²) in [6.45, 7) is 9.61. The zero-order valence-corrected chi connectivity index (χ0v) is 40.1. The largest absolute Gasteiger partial charge is 0.493 e. The number of H-pyrrole nitrogens is 2. The molecule has 8 bridgehead atoms. The predicted octanol–water partition coefficient (Wildman–Crippen LogP) is 6.20. The molecule has 0 unspecified atom stereocenters. The number of benzene rings is 1. The highest BCUT2D eigenvalue weighted by molar-refractivity contribution is 5.92. The Balaban J connectivity index is 1.44. The molecule has 0 spiro atoms. The van der Waals surface area contributed by atoms with Gasteiger partial charge < -0.3 is 76.3 Å². The highest BCUT2D eigenvalue weighted by Crippen LogP contribution is 2.53. The van der Waals surface area contributed by atoms with Gasteiger partial charge in [-0.3, -0.25) is 0 Å². The number of rotatable bonds is 14. The summed E-state index contributed by atoms with van der Waals surface area (Å²) in [5, 5.41) is 7.25. The summed E-state index contributed by atoms with van der Waals surface area (Å²) >= 11 is 0. The molecule has 2 N–H and O–H groups in total. The molecule has 28 nitrogen and oxygen atoms in total. The van der Waals surface area contributed by atoms with Crippen molar-refractivity contribution in [1.82, 2.24) is 39.9 Å². The Labute approximate surface area is 397 Å². The Bertz CT molecular complexity index is 2900. The van der Waals surface area contributed by atoms with Gasteiger partial charge in [-0.1, -0.05) is 10.2 Å². The lowest BCUT2D eigenvalue weighted by atomic mass is 10.1. The molecule has 28 heteroatoms. The van der Waals surface area contributed by atoms with Gasteiger partial charge in [0.25, 0.3) is 34.7 Å².